The van der Waals surface area contributed by atoms with Crippen molar-refractivity contribution in [2.24, 2.45) is 0 Å². The zero-order valence-corrected chi connectivity index (χ0v) is 13.5. The first-order chi connectivity index (χ1) is 9.30. The lowest BCUT2D eigenvalue weighted by Crippen LogP contribution is -2.35. The molecule has 1 heterocycles. The molecule has 0 aromatic heterocycles. The van der Waals surface area contributed by atoms with Gasteiger partial charge in [0.05, 0.1) is 4.75 Å². The monoisotopic (exact) mass is 295 g/mol. The molecule has 0 amide bonds. The summed E-state index contributed by atoms with van der Waals surface area (Å²) >= 11 is 0. The Bertz CT molecular complexity index is 540. The third-order valence-corrected chi connectivity index (χ3v) is 6.56. The summed E-state index contributed by atoms with van der Waals surface area (Å²) in [5.74, 6) is 0. The van der Waals surface area contributed by atoms with E-state index >= 15 is 0 Å². The Morgan fingerprint density at radius 3 is 2.35 bits per heavy atom. The zero-order chi connectivity index (χ0) is 14.8. The lowest BCUT2D eigenvalue weighted by Gasteiger charge is -2.25. The van der Waals surface area contributed by atoms with Crippen molar-refractivity contribution in [1.82, 2.24) is 5.32 Å². The third kappa shape index (κ3) is 3.41. The lowest BCUT2D eigenvalue weighted by atomic mass is 9.95. The van der Waals surface area contributed by atoms with Crippen LogP contribution >= 0.6 is 0 Å². The fraction of sp³-hybridized carbons (Fsp3) is 0.625. The van der Waals surface area contributed by atoms with Crippen LogP contribution in [0.4, 0.5) is 0 Å². The minimum absolute atomic E-state index is 0.567. The molecule has 0 aliphatic carbocycles. The molecule has 1 unspecified atom stereocenters. The Labute approximate surface area is 122 Å². The zero-order valence-electron chi connectivity index (χ0n) is 12.6. The largest absolute Gasteiger partial charge is 0.314 e. The van der Waals surface area contributed by atoms with Crippen molar-refractivity contribution in [2.75, 3.05) is 12.8 Å². The molecule has 0 radical (unpaired) electrons. The van der Waals surface area contributed by atoms with Gasteiger partial charge in [-0.15, -0.1) is 0 Å². The van der Waals surface area contributed by atoms with Crippen LogP contribution in [-0.2, 0) is 21.0 Å². The average molecular weight is 295 g/mol. The molecule has 2 rings (SSSR count). The molecule has 1 aromatic carbocycles. The number of nitrogens with one attached hydrogen (secondary N) is 1. The molecule has 1 saturated heterocycles. The molecule has 3 nitrogen and oxygen atoms in total. The van der Waals surface area contributed by atoms with Crippen molar-refractivity contribution in [3.8, 4) is 0 Å². The lowest BCUT2D eigenvalue weighted by molar-refractivity contribution is 0.399. The number of hydrogen-bond donors (Lipinski definition) is 1. The Morgan fingerprint density at radius 1 is 1.20 bits per heavy atom. The predicted molar refractivity (Wildman–Crippen MR) is 83.7 cm³/mol. The minimum atomic E-state index is -3.11. The summed E-state index contributed by atoms with van der Waals surface area (Å²) in [7, 11) is -3.11. The highest BCUT2D eigenvalue weighted by atomic mass is 32.2. The molecule has 4 heteroatoms. The van der Waals surface area contributed by atoms with E-state index in [4.69, 9.17) is 0 Å². The van der Waals surface area contributed by atoms with E-state index in [9.17, 15) is 8.42 Å². The minimum Gasteiger partial charge on any atom is -0.314 e. The molecule has 0 spiro atoms. The van der Waals surface area contributed by atoms with Crippen LogP contribution in [0, 0.1) is 0 Å². The van der Waals surface area contributed by atoms with Crippen molar-refractivity contribution >= 4 is 9.84 Å². The summed E-state index contributed by atoms with van der Waals surface area (Å²) in [6.07, 6.45) is 6.14. The number of benzene rings is 1. The van der Waals surface area contributed by atoms with Crippen molar-refractivity contribution in [1.29, 1.82) is 0 Å². The van der Waals surface area contributed by atoms with E-state index in [0.717, 1.165) is 18.5 Å². The highest BCUT2D eigenvalue weighted by Crippen LogP contribution is 2.29. The number of sulfone groups is 1. The summed E-state index contributed by atoms with van der Waals surface area (Å²) in [6, 6.07) is 8.62. The molecule has 1 aliphatic rings. The van der Waals surface area contributed by atoms with Gasteiger partial charge in [0.1, 0.15) is 0 Å². The van der Waals surface area contributed by atoms with Crippen LogP contribution in [0.1, 0.15) is 44.2 Å². The fourth-order valence-electron chi connectivity index (χ4n) is 2.64. The molecule has 1 N–H and O–H groups in total. The van der Waals surface area contributed by atoms with Gasteiger partial charge in [-0.2, -0.15) is 0 Å². The van der Waals surface area contributed by atoms with Crippen molar-refractivity contribution in [3.63, 3.8) is 0 Å². The summed E-state index contributed by atoms with van der Waals surface area (Å²) in [6.45, 7) is 4.64. The van der Waals surface area contributed by atoms with Gasteiger partial charge in [-0.1, -0.05) is 30.7 Å². The van der Waals surface area contributed by atoms with Gasteiger partial charge in [0.25, 0.3) is 0 Å². The maximum Gasteiger partial charge on any atom is 0.156 e. The highest BCUT2D eigenvalue weighted by Gasteiger charge is 2.32. The molecule has 1 aromatic rings. The first-order valence-electron chi connectivity index (χ1n) is 7.33. The molecular formula is C16H25NO2S. The molecule has 1 fully saturated rings. The Hall–Kier alpha value is -0.870. The van der Waals surface area contributed by atoms with Crippen LogP contribution in [0.3, 0.4) is 0 Å². The smallest absolute Gasteiger partial charge is 0.156 e. The van der Waals surface area contributed by atoms with Crippen LogP contribution in [0.15, 0.2) is 24.3 Å². The third-order valence-electron chi connectivity index (χ3n) is 4.47. The standard InChI is InChI=1S/C16H25NO2S/c1-16(2,20(3,18)19)14-9-7-13(8-10-14)12-15-6-4-5-11-17-15/h7-10,15,17H,4-6,11-12H2,1-3H3. The van der Waals surface area contributed by atoms with Crippen LogP contribution in [0.2, 0.25) is 0 Å². The SMILES string of the molecule is CC(C)(c1ccc(CC2CCCCN2)cc1)S(C)(=O)=O. The number of hydrogen-bond acceptors (Lipinski definition) is 3. The second-order valence-corrected chi connectivity index (χ2v) is 8.90. The van der Waals surface area contributed by atoms with Crippen LogP contribution in [0.25, 0.3) is 0 Å². The number of piperidine rings is 1. The maximum atomic E-state index is 11.8. The van der Waals surface area contributed by atoms with Crippen molar-refractivity contribution in [3.05, 3.63) is 35.4 Å². The van der Waals surface area contributed by atoms with Crippen molar-refractivity contribution in [2.45, 2.75) is 50.3 Å². The van der Waals surface area contributed by atoms with Gasteiger partial charge in [0.2, 0.25) is 0 Å². The van der Waals surface area contributed by atoms with Gasteiger partial charge in [-0.05, 0) is 50.8 Å². The van der Waals surface area contributed by atoms with E-state index in [2.05, 4.69) is 17.4 Å². The van der Waals surface area contributed by atoms with E-state index in [1.54, 1.807) is 13.8 Å². The van der Waals surface area contributed by atoms with Gasteiger partial charge < -0.3 is 5.32 Å². The molecular weight excluding hydrogens is 270 g/mol. The van der Waals surface area contributed by atoms with E-state index in [0.29, 0.717) is 6.04 Å². The van der Waals surface area contributed by atoms with Gasteiger partial charge in [0, 0.05) is 12.3 Å². The van der Waals surface area contributed by atoms with Crippen LogP contribution in [0.5, 0.6) is 0 Å². The van der Waals surface area contributed by atoms with E-state index < -0.39 is 14.6 Å². The van der Waals surface area contributed by atoms with Gasteiger partial charge in [-0.25, -0.2) is 8.42 Å². The second-order valence-electron chi connectivity index (χ2n) is 6.33. The second kappa shape index (κ2) is 5.86. The first-order valence-corrected chi connectivity index (χ1v) is 9.22. The average Bonchev–Trinajstić information content (AvgIpc) is 2.39. The molecule has 1 atom stereocenters. The predicted octanol–water partition coefficient (Wildman–Crippen LogP) is 2.65. The van der Waals surface area contributed by atoms with E-state index in [1.807, 2.05) is 12.1 Å². The van der Waals surface area contributed by atoms with E-state index in [-0.39, 0.29) is 0 Å². The maximum absolute atomic E-state index is 11.8. The molecule has 20 heavy (non-hydrogen) atoms. The summed E-state index contributed by atoms with van der Waals surface area (Å²) in [5, 5.41) is 3.54. The quantitative estimate of drug-likeness (QED) is 0.929. The highest BCUT2D eigenvalue weighted by molar-refractivity contribution is 7.91. The normalized spacial score (nSPS) is 20.9. The molecule has 0 bridgehead atoms. The summed E-state index contributed by atoms with van der Waals surface area (Å²) < 4.78 is 22.9. The molecule has 0 saturated carbocycles. The van der Waals surface area contributed by atoms with Crippen molar-refractivity contribution < 1.29 is 8.42 Å². The van der Waals surface area contributed by atoms with Gasteiger partial charge >= 0.3 is 0 Å². The number of rotatable bonds is 4. The Balaban J connectivity index is 2.10. The molecule has 112 valence electrons. The van der Waals surface area contributed by atoms with Gasteiger partial charge in [0.15, 0.2) is 9.84 Å². The first kappa shape index (κ1) is 15.5. The summed E-state index contributed by atoms with van der Waals surface area (Å²) in [4.78, 5) is 0. The fourth-order valence-corrected chi connectivity index (χ4v) is 3.20. The van der Waals surface area contributed by atoms with Crippen LogP contribution in [-0.4, -0.2) is 27.3 Å². The topological polar surface area (TPSA) is 46.2 Å². The Morgan fingerprint density at radius 2 is 1.85 bits per heavy atom. The van der Waals surface area contributed by atoms with Gasteiger partial charge in [-0.3, -0.25) is 0 Å². The molecule has 1 aliphatic heterocycles. The Kier molecular flexibility index (Phi) is 4.55. The van der Waals surface area contributed by atoms with E-state index in [1.165, 1.54) is 31.1 Å². The van der Waals surface area contributed by atoms with Crippen LogP contribution < -0.4 is 5.32 Å². The summed E-state index contributed by atoms with van der Waals surface area (Å²) in [5.41, 5.74) is 2.14.